The van der Waals surface area contributed by atoms with E-state index in [1.54, 1.807) is 19.9 Å². The molecule has 1 rings (SSSR count). The van der Waals surface area contributed by atoms with Gasteiger partial charge in [-0.3, -0.25) is 4.79 Å². The standard InChI is InChI=1S/C12H13F4N3OS/c1-5(2)8(20)9-7(18)6(3-17)10(21-9)19-4-12(15,16)11(13)14/h5,11,19H,4,18H2,1-2H3. The molecule has 0 amide bonds. The molecule has 0 bridgehead atoms. The topological polar surface area (TPSA) is 78.9 Å². The molecule has 0 aliphatic rings. The molecule has 4 nitrogen and oxygen atoms in total. The maximum absolute atomic E-state index is 12.9. The van der Waals surface area contributed by atoms with Crippen LogP contribution in [-0.4, -0.2) is 24.7 Å². The Kier molecular flexibility index (Phi) is 5.17. The van der Waals surface area contributed by atoms with Gasteiger partial charge >= 0.3 is 12.3 Å². The Hall–Kier alpha value is -1.82. The van der Waals surface area contributed by atoms with Crippen LogP contribution in [0.3, 0.4) is 0 Å². The second-order valence-corrected chi connectivity index (χ2v) is 5.62. The number of thiophene rings is 1. The van der Waals surface area contributed by atoms with Crippen LogP contribution < -0.4 is 11.1 Å². The molecule has 0 unspecified atom stereocenters. The van der Waals surface area contributed by atoms with Crippen LogP contribution in [0, 0.1) is 17.2 Å². The first-order valence-electron chi connectivity index (χ1n) is 5.88. The van der Waals surface area contributed by atoms with E-state index >= 15 is 0 Å². The number of halogens is 4. The summed E-state index contributed by atoms with van der Waals surface area (Å²) in [5.41, 5.74) is 5.34. The van der Waals surface area contributed by atoms with Crippen LogP contribution in [0.25, 0.3) is 0 Å². The molecule has 1 aromatic heterocycles. The largest absolute Gasteiger partial charge is 0.396 e. The maximum atomic E-state index is 12.9. The molecular weight excluding hydrogens is 310 g/mol. The van der Waals surface area contributed by atoms with Gasteiger partial charge < -0.3 is 11.1 Å². The summed E-state index contributed by atoms with van der Waals surface area (Å²) in [7, 11) is 0. The fourth-order valence-electron chi connectivity index (χ4n) is 1.40. The van der Waals surface area contributed by atoms with Crippen molar-refractivity contribution in [3.05, 3.63) is 10.4 Å². The van der Waals surface area contributed by atoms with Crippen molar-refractivity contribution in [1.82, 2.24) is 0 Å². The zero-order chi connectivity index (χ0) is 16.4. The molecule has 0 atom stereocenters. The first-order valence-corrected chi connectivity index (χ1v) is 6.69. The number of nitrogens with two attached hydrogens (primary N) is 1. The molecule has 0 saturated heterocycles. The number of anilines is 2. The number of nitrogens with one attached hydrogen (secondary N) is 1. The molecule has 9 heteroatoms. The molecule has 0 aliphatic carbocycles. The van der Waals surface area contributed by atoms with Crippen molar-refractivity contribution in [2.75, 3.05) is 17.6 Å². The highest BCUT2D eigenvalue weighted by Crippen LogP contribution is 2.37. The Morgan fingerprint density at radius 3 is 2.48 bits per heavy atom. The van der Waals surface area contributed by atoms with Crippen LogP contribution >= 0.6 is 11.3 Å². The van der Waals surface area contributed by atoms with Gasteiger partial charge in [-0.25, -0.2) is 8.78 Å². The van der Waals surface area contributed by atoms with Gasteiger partial charge in [0.05, 0.1) is 17.1 Å². The van der Waals surface area contributed by atoms with Crippen LogP contribution in [0.2, 0.25) is 0 Å². The zero-order valence-electron chi connectivity index (χ0n) is 11.2. The second kappa shape index (κ2) is 6.30. The number of carbonyl (C=O) groups excluding carboxylic acids is 1. The van der Waals surface area contributed by atoms with Crippen molar-refractivity contribution in [3.8, 4) is 6.07 Å². The Morgan fingerprint density at radius 2 is 2.05 bits per heavy atom. The number of Topliss-reactive ketones (excluding diaryl/α,β-unsaturated/α-hetero) is 1. The molecule has 21 heavy (non-hydrogen) atoms. The van der Waals surface area contributed by atoms with E-state index in [0.717, 1.165) is 0 Å². The van der Waals surface area contributed by atoms with Crippen LogP contribution in [0.5, 0.6) is 0 Å². The first-order chi connectivity index (χ1) is 9.61. The number of carbonyl (C=O) groups is 1. The number of hydrogen-bond acceptors (Lipinski definition) is 5. The molecule has 0 radical (unpaired) electrons. The highest BCUT2D eigenvalue weighted by atomic mass is 32.1. The molecule has 116 valence electrons. The molecule has 0 aromatic carbocycles. The first kappa shape index (κ1) is 17.2. The summed E-state index contributed by atoms with van der Waals surface area (Å²) in [6.07, 6.45) is -3.83. The minimum atomic E-state index is -4.24. The van der Waals surface area contributed by atoms with E-state index in [2.05, 4.69) is 5.32 Å². The van der Waals surface area contributed by atoms with E-state index in [9.17, 15) is 22.4 Å². The van der Waals surface area contributed by atoms with E-state index in [0.29, 0.717) is 11.3 Å². The minimum absolute atomic E-state index is 0.0596. The second-order valence-electron chi connectivity index (χ2n) is 4.60. The van der Waals surface area contributed by atoms with Crippen LogP contribution in [0.15, 0.2) is 0 Å². The summed E-state index contributed by atoms with van der Waals surface area (Å²) in [5, 5.41) is 10.9. The van der Waals surface area contributed by atoms with Gasteiger partial charge in [-0.2, -0.15) is 14.0 Å². The average molecular weight is 323 g/mol. The molecule has 0 spiro atoms. The van der Waals surface area contributed by atoms with Crippen molar-refractivity contribution in [3.63, 3.8) is 0 Å². The van der Waals surface area contributed by atoms with Gasteiger partial charge in [-0.1, -0.05) is 13.8 Å². The summed E-state index contributed by atoms with van der Waals surface area (Å²) < 4.78 is 49.9. The molecular formula is C12H13F4N3OS. The number of nitrogen functional groups attached to an aromatic ring is 1. The fourth-order valence-corrected chi connectivity index (χ4v) is 2.55. The number of nitriles is 1. The minimum Gasteiger partial charge on any atom is -0.396 e. The van der Waals surface area contributed by atoms with E-state index in [1.807, 2.05) is 0 Å². The fraction of sp³-hybridized carbons (Fsp3) is 0.500. The SMILES string of the molecule is CC(C)C(=O)c1sc(NCC(F)(F)C(F)F)c(C#N)c1N. The lowest BCUT2D eigenvalue weighted by Gasteiger charge is -2.15. The number of rotatable bonds is 6. The summed E-state index contributed by atoms with van der Waals surface area (Å²) in [6, 6.07) is 1.68. The van der Waals surface area contributed by atoms with Crippen molar-refractivity contribution < 1.29 is 22.4 Å². The Labute approximate surface area is 122 Å². The summed E-state index contributed by atoms with van der Waals surface area (Å²) in [4.78, 5) is 11.9. The van der Waals surface area contributed by atoms with Crippen molar-refractivity contribution in [1.29, 1.82) is 5.26 Å². The lowest BCUT2D eigenvalue weighted by molar-refractivity contribution is -0.117. The summed E-state index contributed by atoms with van der Waals surface area (Å²) in [6.45, 7) is 1.88. The van der Waals surface area contributed by atoms with Gasteiger partial charge in [-0.15, -0.1) is 11.3 Å². The molecule has 1 heterocycles. The van der Waals surface area contributed by atoms with E-state index < -0.39 is 24.8 Å². The summed E-state index contributed by atoms with van der Waals surface area (Å²) in [5.74, 6) is -4.98. The monoisotopic (exact) mass is 323 g/mol. The normalized spacial score (nSPS) is 11.8. The molecule has 0 aliphatic heterocycles. The molecule has 0 saturated carbocycles. The van der Waals surface area contributed by atoms with Crippen LogP contribution in [-0.2, 0) is 0 Å². The third-order valence-corrected chi connectivity index (χ3v) is 3.79. The zero-order valence-corrected chi connectivity index (χ0v) is 12.0. The Morgan fingerprint density at radius 1 is 1.48 bits per heavy atom. The molecule has 1 aromatic rings. The highest BCUT2D eigenvalue weighted by Gasteiger charge is 2.40. The lowest BCUT2D eigenvalue weighted by atomic mass is 10.1. The predicted molar refractivity (Wildman–Crippen MR) is 72.1 cm³/mol. The van der Waals surface area contributed by atoms with Crippen molar-refractivity contribution >= 4 is 27.8 Å². The average Bonchev–Trinajstić information content (AvgIpc) is 2.71. The van der Waals surface area contributed by atoms with Gasteiger partial charge in [0, 0.05) is 5.92 Å². The van der Waals surface area contributed by atoms with Crippen molar-refractivity contribution in [2.45, 2.75) is 26.2 Å². The third-order valence-electron chi connectivity index (χ3n) is 2.61. The third kappa shape index (κ3) is 3.64. The van der Waals surface area contributed by atoms with E-state index in [4.69, 9.17) is 11.0 Å². The Balaban J connectivity index is 3.07. The smallest absolute Gasteiger partial charge is 0.324 e. The van der Waals surface area contributed by atoms with Crippen LogP contribution in [0.4, 0.5) is 28.3 Å². The van der Waals surface area contributed by atoms with E-state index in [-0.39, 0.29) is 26.9 Å². The van der Waals surface area contributed by atoms with Gasteiger partial charge in [0.15, 0.2) is 5.78 Å². The number of ketones is 1. The van der Waals surface area contributed by atoms with Crippen LogP contribution in [0.1, 0.15) is 29.1 Å². The number of nitrogens with zero attached hydrogens (tertiary/aromatic N) is 1. The van der Waals surface area contributed by atoms with Gasteiger partial charge in [-0.05, 0) is 0 Å². The molecule has 3 N–H and O–H groups in total. The van der Waals surface area contributed by atoms with Gasteiger partial charge in [0.1, 0.15) is 16.6 Å². The number of alkyl halides is 4. The highest BCUT2D eigenvalue weighted by molar-refractivity contribution is 7.19. The molecule has 0 fully saturated rings. The quantitative estimate of drug-likeness (QED) is 0.621. The summed E-state index contributed by atoms with van der Waals surface area (Å²) >= 11 is 0.713. The number of hydrogen-bond donors (Lipinski definition) is 2. The lowest BCUT2D eigenvalue weighted by Crippen LogP contribution is -2.34. The maximum Gasteiger partial charge on any atom is 0.324 e. The Bertz CT molecular complexity index is 578. The van der Waals surface area contributed by atoms with Crippen molar-refractivity contribution in [2.24, 2.45) is 5.92 Å². The van der Waals surface area contributed by atoms with Gasteiger partial charge in [0.2, 0.25) is 0 Å². The van der Waals surface area contributed by atoms with E-state index in [1.165, 1.54) is 0 Å². The van der Waals surface area contributed by atoms with Gasteiger partial charge in [0.25, 0.3) is 0 Å². The predicted octanol–water partition coefficient (Wildman–Crippen LogP) is 3.35.